The van der Waals surface area contributed by atoms with Gasteiger partial charge >= 0.3 is 35.8 Å². The summed E-state index contributed by atoms with van der Waals surface area (Å²) in [6.07, 6.45) is 3.97. The predicted octanol–water partition coefficient (Wildman–Crippen LogP) is 11.6. The van der Waals surface area contributed by atoms with E-state index in [1.807, 2.05) is 124 Å². The standard InChI is InChI=1S/C24H25NO6.C24H23NO6.C19H17NO3.C5H8O4/c2*1-16-21(25-22(31-16)18-7-5-4-6-8-18)13-14-30-19-11-9-17(10-12-19)15-20(23(26)28-2)24(27)29-3;1-14-18(20-19(23-14)16-5-3-2-4-6-16)11-12-22-17-9-7-15(13-21)8-10-17;1-8-4(6)3-5(7)9-2/h4-12,20H,13-15H2,1-3H3;4-12,15H,13-14H2,1-3H3;2-10,13H,11-12H2,1H3;3H2,1-2H3. The lowest BCUT2D eigenvalue weighted by molar-refractivity contribution is -0.159. The van der Waals surface area contributed by atoms with Crippen molar-refractivity contribution in [3.05, 3.63) is 220 Å². The van der Waals surface area contributed by atoms with Gasteiger partial charge in [0.1, 0.15) is 52.8 Å². The van der Waals surface area contributed by atoms with Crippen LogP contribution in [0.4, 0.5) is 0 Å². The summed E-state index contributed by atoms with van der Waals surface area (Å²) in [4.78, 5) is 91.9. The molecule has 9 rings (SSSR count). The number of esters is 6. The summed E-state index contributed by atoms with van der Waals surface area (Å²) in [5.74, 6) is 1.33. The fourth-order valence-electron chi connectivity index (χ4n) is 8.55. The third-order valence-corrected chi connectivity index (χ3v) is 13.7. The van der Waals surface area contributed by atoms with Crippen LogP contribution in [0, 0.1) is 26.7 Å². The van der Waals surface area contributed by atoms with Crippen molar-refractivity contribution in [2.24, 2.45) is 5.92 Å². The lowest BCUT2D eigenvalue weighted by atomic mass is 9.99. The first-order chi connectivity index (χ1) is 45.5. The summed E-state index contributed by atoms with van der Waals surface area (Å²) >= 11 is 0. The van der Waals surface area contributed by atoms with Crippen LogP contribution >= 0.6 is 0 Å². The lowest BCUT2D eigenvalue weighted by Gasteiger charge is -2.13. The summed E-state index contributed by atoms with van der Waals surface area (Å²) in [5.41, 5.74) is 7.32. The average molecular weight is 1280 g/mol. The average Bonchev–Trinajstić information content (AvgIpc) is 1.83. The Balaban J connectivity index is 0.000000211. The van der Waals surface area contributed by atoms with E-state index in [4.69, 9.17) is 27.5 Å². The van der Waals surface area contributed by atoms with Crippen LogP contribution in [0.15, 0.2) is 183 Å². The van der Waals surface area contributed by atoms with Crippen LogP contribution < -0.4 is 14.2 Å². The van der Waals surface area contributed by atoms with Gasteiger partial charge in [0.2, 0.25) is 17.7 Å². The normalized spacial score (nSPS) is 10.3. The van der Waals surface area contributed by atoms with Crippen LogP contribution in [0.2, 0.25) is 0 Å². The highest BCUT2D eigenvalue weighted by Gasteiger charge is 2.29. The summed E-state index contributed by atoms with van der Waals surface area (Å²) in [5, 5.41) is 0. The number of benzene rings is 6. The van der Waals surface area contributed by atoms with Crippen molar-refractivity contribution < 1.29 is 89.4 Å². The smallest absolute Gasteiger partial charge is 0.345 e. The van der Waals surface area contributed by atoms with Crippen LogP contribution in [0.3, 0.4) is 0 Å². The van der Waals surface area contributed by atoms with E-state index in [1.165, 1.54) is 48.7 Å². The molecule has 9 aromatic rings. The number of methoxy groups -OCH3 is 6. The second-order valence-corrected chi connectivity index (χ2v) is 20.0. The van der Waals surface area contributed by atoms with Crippen molar-refractivity contribution in [3.63, 3.8) is 0 Å². The molecule has 0 bridgehead atoms. The number of nitrogens with zero attached hydrogens (tertiary/aromatic N) is 3. The number of aldehydes is 1. The molecule has 0 aliphatic heterocycles. The molecule has 3 heterocycles. The Bertz CT molecular complexity index is 3850. The molecule has 94 heavy (non-hydrogen) atoms. The van der Waals surface area contributed by atoms with Crippen LogP contribution in [0.5, 0.6) is 17.2 Å². The first kappa shape index (κ1) is 71.7. The Morgan fingerprint density at radius 1 is 0.415 bits per heavy atom. The first-order valence-electron chi connectivity index (χ1n) is 29.3. The van der Waals surface area contributed by atoms with Crippen molar-refractivity contribution >= 4 is 48.2 Å². The number of carbonyl (C=O) groups is 7. The molecular weight excluding hydrogens is 1210 g/mol. The quantitative estimate of drug-likeness (QED) is 0.0128. The second-order valence-electron chi connectivity index (χ2n) is 20.0. The van der Waals surface area contributed by atoms with E-state index in [2.05, 4.69) is 43.4 Å². The zero-order chi connectivity index (χ0) is 67.8. The van der Waals surface area contributed by atoms with Gasteiger partial charge in [0.05, 0.1) is 79.6 Å². The molecule has 0 fully saturated rings. The van der Waals surface area contributed by atoms with Crippen LogP contribution in [0.1, 0.15) is 62.3 Å². The van der Waals surface area contributed by atoms with Crippen molar-refractivity contribution in [3.8, 4) is 51.6 Å². The Kier molecular flexibility index (Phi) is 28.7. The molecule has 6 aromatic carbocycles. The maximum absolute atomic E-state index is 11.8. The van der Waals surface area contributed by atoms with Crippen molar-refractivity contribution in [1.82, 2.24) is 15.0 Å². The Labute approximate surface area is 543 Å². The highest BCUT2D eigenvalue weighted by Crippen LogP contribution is 2.26. The number of hydrogen-bond acceptors (Lipinski definition) is 22. The monoisotopic (exact) mass is 1280 g/mol. The second kappa shape index (κ2) is 37.7. The van der Waals surface area contributed by atoms with Crippen LogP contribution in [-0.2, 0) is 82.9 Å². The molecule has 0 radical (unpaired) electrons. The fraction of sp³-hybridized carbons (Fsp3) is 0.250. The Hall–Kier alpha value is -11.4. The molecule has 3 aromatic heterocycles. The topological polar surface area (TPSA) is 281 Å². The van der Waals surface area contributed by atoms with Gasteiger partial charge in [-0.15, -0.1) is 0 Å². The van der Waals surface area contributed by atoms with Gasteiger partial charge in [-0.05, 0) is 129 Å². The van der Waals surface area contributed by atoms with E-state index in [-0.39, 0.29) is 18.4 Å². The molecule has 0 N–H and O–H groups in total. The summed E-state index contributed by atoms with van der Waals surface area (Å²) in [7, 11) is 7.32. The van der Waals surface area contributed by atoms with Crippen molar-refractivity contribution in [2.75, 3.05) is 62.5 Å². The SMILES string of the molecule is COC(=O)C(=Cc1ccc(OCCc2nc(-c3ccccc3)oc2C)cc1)C(=O)OC.COC(=O)C(Cc1ccc(OCCc2nc(-c3ccccc3)oc2C)cc1)C(=O)OC.COC(=O)CC(=O)OC.Cc1oc(-c2ccccc2)nc1CCOc1ccc(C=O)cc1. The van der Waals surface area contributed by atoms with Crippen molar-refractivity contribution in [2.45, 2.75) is 52.9 Å². The maximum Gasteiger partial charge on any atom is 0.345 e. The molecule has 0 amide bonds. The fourth-order valence-corrected chi connectivity index (χ4v) is 8.55. The first-order valence-corrected chi connectivity index (χ1v) is 29.3. The summed E-state index contributed by atoms with van der Waals surface area (Å²) in [6.45, 7) is 7.05. The maximum atomic E-state index is 11.8. The molecule has 0 saturated heterocycles. The predicted molar refractivity (Wildman–Crippen MR) is 344 cm³/mol. The van der Waals surface area contributed by atoms with Crippen LogP contribution in [0.25, 0.3) is 40.4 Å². The number of ether oxygens (including phenoxy) is 9. The number of carbonyl (C=O) groups excluding carboxylic acids is 7. The largest absolute Gasteiger partial charge is 0.493 e. The zero-order valence-electron chi connectivity index (χ0n) is 53.6. The van der Waals surface area contributed by atoms with Gasteiger partial charge in [0, 0.05) is 41.5 Å². The number of aryl methyl sites for hydroxylation is 3. The van der Waals surface area contributed by atoms with Gasteiger partial charge in [0.15, 0.2) is 5.92 Å². The Morgan fingerprint density at radius 2 is 0.745 bits per heavy atom. The molecule has 490 valence electrons. The van der Waals surface area contributed by atoms with Crippen molar-refractivity contribution in [1.29, 1.82) is 0 Å². The highest BCUT2D eigenvalue weighted by atomic mass is 16.6. The van der Waals surface area contributed by atoms with Gasteiger partial charge in [-0.2, -0.15) is 0 Å². The molecule has 0 aliphatic carbocycles. The molecular formula is C72H73N3O19. The third-order valence-electron chi connectivity index (χ3n) is 13.7. The summed E-state index contributed by atoms with van der Waals surface area (Å²) < 4.78 is 61.5. The molecule has 22 nitrogen and oxygen atoms in total. The van der Waals surface area contributed by atoms with Crippen LogP contribution in [-0.4, -0.2) is 120 Å². The van der Waals surface area contributed by atoms with E-state index in [9.17, 15) is 33.6 Å². The minimum atomic E-state index is -0.990. The molecule has 22 heteroatoms. The molecule has 0 atom stereocenters. The van der Waals surface area contributed by atoms with E-state index >= 15 is 0 Å². The molecule has 0 spiro atoms. The lowest BCUT2D eigenvalue weighted by Crippen LogP contribution is -2.28. The number of aromatic nitrogens is 3. The van der Waals surface area contributed by atoms with Gasteiger partial charge in [-0.1, -0.05) is 78.9 Å². The molecule has 0 aliphatic rings. The van der Waals surface area contributed by atoms with Gasteiger partial charge in [-0.25, -0.2) is 24.5 Å². The van der Waals surface area contributed by atoms with Gasteiger partial charge in [-0.3, -0.25) is 24.0 Å². The summed E-state index contributed by atoms with van der Waals surface area (Å²) in [6, 6.07) is 50.5. The van der Waals surface area contributed by atoms with Gasteiger partial charge in [0.25, 0.3) is 0 Å². The number of hydrogen-bond donors (Lipinski definition) is 0. The number of oxazole rings is 3. The van der Waals surface area contributed by atoms with E-state index in [0.717, 1.165) is 68.7 Å². The van der Waals surface area contributed by atoms with Gasteiger partial charge < -0.3 is 55.9 Å². The third kappa shape index (κ3) is 22.5. The Morgan fingerprint density at radius 3 is 1.05 bits per heavy atom. The number of rotatable bonds is 25. The van der Waals surface area contributed by atoms with E-state index in [1.54, 1.807) is 60.7 Å². The zero-order valence-corrected chi connectivity index (χ0v) is 53.6. The van der Waals surface area contributed by atoms with E-state index < -0.39 is 41.7 Å². The molecule has 0 saturated carbocycles. The minimum Gasteiger partial charge on any atom is -0.493 e. The minimum absolute atomic E-state index is 0.186. The van der Waals surface area contributed by atoms with E-state index in [0.29, 0.717) is 79.4 Å². The highest BCUT2D eigenvalue weighted by molar-refractivity contribution is 6.17. The molecule has 0 unspecified atom stereocenters.